The molecule has 0 saturated heterocycles. The van der Waals surface area contributed by atoms with Gasteiger partial charge in [-0.1, -0.05) is 32.0 Å². The predicted molar refractivity (Wildman–Crippen MR) is 116 cm³/mol. The summed E-state index contributed by atoms with van der Waals surface area (Å²) in [6.07, 6.45) is 0.779. The summed E-state index contributed by atoms with van der Waals surface area (Å²) in [6, 6.07) is 7.70. The number of sulfonamides is 1. The first-order valence-corrected chi connectivity index (χ1v) is 10.2. The average Bonchev–Trinajstić information content (AvgIpc) is 2.97. The number of rotatable bonds is 7. The molecule has 142 valence electrons. The van der Waals surface area contributed by atoms with Crippen LogP contribution in [0.25, 0.3) is 0 Å². The fraction of sp³-hybridized carbons (Fsp3) is 0.588. The Bertz CT molecular complexity index is 677. The van der Waals surface area contributed by atoms with Gasteiger partial charge >= 0.3 is 0 Å². The minimum absolute atomic E-state index is 0. The monoisotopic (exact) mass is 480 g/mol. The van der Waals surface area contributed by atoms with Gasteiger partial charge in [-0.2, -0.15) is 0 Å². The number of halogens is 1. The van der Waals surface area contributed by atoms with E-state index in [1.54, 1.807) is 0 Å². The first-order chi connectivity index (χ1) is 11.4. The minimum atomic E-state index is -3.33. The molecule has 2 N–H and O–H groups in total. The second-order valence-corrected chi connectivity index (χ2v) is 8.32. The van der Waals surface area contributed by atoms with Crippen molar-refractivity contribution in [2.24, 2.45) is 10.9 Å². The molecular formula is C17H29IN4O2S. The summed E-state index contributed by atoms with van der Waals surface area (Å²) < 4.78 is 26.8. The van der Waals surface area contributed by atoms with Crippen LogP contribution in [0, 0.1) is 5.92 Å². The van der Waals surface area contributed by atoms with Crippen molar-refractivity contribution in [2.75, 3.05) is 36.2 Å². The highest BCUT2D eigenvalue weighted by Gasteiger charge is 2.28. The molecule has 1 aliphatic rings. The zero-order valence-electron chi connectivity index (χ0n) is 15.2. The van der Waals surface area contributed by atoms with Crippen LogP contribution in [-0.4, -0.2) is 46.3 Å². The molecule has 6 nitrogen and oxygen atoms in total. The van der Waals surface area contributed by atoms with E-state index in [0.29, 0.717) is 31.5 Å². The standard InChI is InChI=1S/C17H28N4O2S.HI/c1-4-18-17(20-13-14(2)3)19-10-12-24(22,23)21-11-9-15-7-5-6-8-16(15)21;/h5-8,14H,4,9-13H2,1-3H3,(H2,18,19,20);1H. The average molecular weight is 480 g/mol. The van der Waals surface area contributed by atoms with Gasteiger partial charge in [-0.05, 0) is 30.9 Å². The Morgan fingerprint density at radius 3 is 2.68 bits per heavy atom. The van der Waals surface area contributed by atoms with Crippen molar-refractivity contribution >= 4 is 45.6 Å². The number of hydrogen-bond donors (Lipinski definition) is 2. The highest BCUT2D eigenvalue weighted by Crippen LogP contribution is 2.29. The Morgan fingerprint density at radius 2 is 2.00 bits per heavy atom. The number of fused-ring (bicyclic) bond motifs is 1. The van der Waals surface area contributed by atoms with Gasteiger partial charge in [0.15, 0.2) is 5.96 Å². The third-order valence-electron chi connectivity index (χ3n) is 3.79. The van der Waals surface area contributed by atoms with Gasteiger partial charge in [-0.15, -0.1) is 24.0 Å². The summed E-state index contributed by atoms with van der Waals surface area (Å²) in [5, 5.41) is 6.25. The van der Waals surface area contributed by atoms with Crippen molar-refractivity contribution in [2.45, 2.75) is 27.2 Å². The van der Waals surface area contributed by atoms with Gasteiger partial charge in [0.05, 0.1) is 11.4 Å². The van der Waals surface area contributed by atoms with E-state index in [4.69, 9.17) is 0 Å². The van der Waals surface area contributed by atoms with Crippen molar-refractivity contribution in [3.8, 4) is 0 Å². The lowest BCUT2D eigenvalue weighted by Gasteiger charge is -2.20. The SMILES string of the molecule is CCNC(=NCC(C)C)NCCS(=O)(=O)N1CCc2ccccc21.I. The number of aliphatic imine (C=N–C) groups is 1. The van der Waals surface area contributed by atoms with Gasteiger partial charge in [0.25, 0.3) is 0 Å². The molecule has 1 aromatic rings. The molecule has 1 heterocycles. The molecule has 0 radical (unpaired) electrons. The Balaban J connectivity index is 0.00000312. The zero-order chi connectivity index (χ0) is 17.6. The van der Waals surface area contributed by atoms with Crippen LogP contribution in [0.5, 0.6) is 0 Å². The number of para-hydroxylation sites is 1. The third kappa shape index (κ3) is 6.32. The van der Waals surface area contributed by atoms with E-state index in [2.05, 4.69) is 29.5 Å². The molecule has 0 spiro atoms. The lowest BCUT2D eigenvalue weighted by molar-refractivity contribution is 0.590. The number of benzene rings is 1. The largest absolute Gasteiger partial charge is 0.357 e. The van der Waals surface area contributed by atoms with E-state index in [0.717, 1.165) is 24.2 Å². The number of nitrogens with one attached hydrogen (secondary N) is 2. The molecule has 0 aromatic heterocycles. The summed E-state index contributed by atoms with van der Waals surface area (Å²) in [6.45, 7) is 8.51. The molecule has 0 aliphatic carbocycles. The lowest BCUT2D eigenvalue weighted by Crippen LogP contribution is -2.42. The highest BCUT2D eigenvalue weighted by molar-refractivity contribution is 14.0. The van der Waals surface area contributed by atoms with E-state index >= 15 is 0 Å². The van der Waals surface area contributed by atoms with Gasteiger partial charge in [0.1, 0.15) is 0 Å². The van der Waals surface area contributed by atoms with Crippen LogP contribution in [0.3, 0.4) is 0 Å². The molecule has 0 bridgehead atoms. The molecule has 25 heavy (non-hydrogen) atoms. The number of anilines is 1. The maximum Gasteiger partial charge on any atom is 0.236 e. The lowest BCUT2D eigenvalue weighted by atomic mass is 10.2. The van der Waals surface area contributed by atoms with Gasteiger partial charge in [-0.3, -0.25) is 9.30 Å². The molecule has 0 amide bonds. The van der Waals surface area contributed by atoms with Crippen LogP contribution < -0.4 is 14.9 Å². The molecule has 0 atom stereocenters. The number of nitrogens with zero attached hydrogens (tertiary/aromatic N) is 2. The molecule has 2 rings (SSSR count). The molecule has 0 fully saturated rings. The minimum Gasteiger partial charge on any atom is -0.357 e. The first kappa shape index (κ1) is 22.0. The molecular weight excluding hydrogens is 451 g/mol. The Labute approximate surface area is 168 Å². The van der Waals surface area contributed by atoms with Crippen molar-refractivity contribution < 1.29 is 8.42 Å². The topological polar surface area (TPSA) is 73.8 Å². The van der Waals surface area contributed by atoms with Crippen LogP contribution in [-0.2, 0) is 16.4 Å². The summed E-state index contributed by atoms with van der Waals surface area (Å²) in [5.74, 6) is 1.18. The molecule has 0 saturated carbocycles. The van der Waals surface area contributed by atoms with Gasteiger partial charge < -0.3 is 10.6 Å². The third-order valence-corrected chi connectivity index (χ3v) is 5.56. The highest BCUT2D eigenvalue weighted by atomic mass is 127. The summed E-state index contributed by atoms with van der Waals surface area (Å²) in [5.41, 5.74) is 1.92. The van der Waals surface area contributed by atoms with Crippen LogP contribution in [0.4, 0.5) is 5.69 Å². The fourth-order valence-electron chi connectivity index (χ4n) is 2.62. The maximum absolute atomic E-state index is 12.6. The fourth-order valence-corrected chi connectivity index (χ4v) is 4.05. The normalized spacial score (nSPS) is 14.2. The van der Waals surface area contributed by atoms with Crippen LogP contribution in [0.1, 0.15) is 26.3 Å². The Morgan fingerprint density at radius 1 is 1.28 bits per heavy atom. The van der Waals surface area contributed by atoms with E-state index in [1.807, 2.05) is 31.2 Å². The molecule has 1 aliphatic heterocycles. The summed E-state index contributed by atoms with van der Waals surface area (Å²) in [7, 11) is -3.33. The number of guanidine groups is 1. The van der Waals surface area contributed by atoms with Gasteiger partial charge in [0.2, 0.25) is 10.0 Å². The predicted octanol–water partition coefficient (Wildman–Crippen LogP) is 2.21. The number of hydrogen-bond acceptors (Lipinski definition) is 3. The van der Waals surface area contributed by atoms with E-state index in [1.165, 1.54) is 4.31 Å². The Hall–Kier alpha value is -1.03. The Kier molecular flexibility index (Phi) is 8.98. The van der Waals surface area contributed by atoms with E-state index < -0.39 is 10.0 Å². The smallest absolute Gasteiger partial charge is 0.236 e. The zero-order valence-corrected chi connectivity index (χ0v) is 18.3. The molecule has 8 heteroatoms. The van der Waals surface area contributed by atoms with Gasteiger partial charge in [-0.25, -0.2) is 8.42 Å². The van der Waals surface area contributed by atoms with Crippen molar-refractivity contribution in [3.05, 3.63) is 29.8 Å². The van der Waals surface area contributed by atoms with Crippen molar-refractivity contribution in [3.63, 3.8) is 0 Å². The van der Waals surface area contributed by atoms with Crippen LogP contribution >= 0.6 is 24.0 Å². The molecule has 1 aromatic carbocycles. The quantitative estimate of drug-likeness (QED) is 0.357. The summed E-state index contributed by atoms with van der Waals surface area (Å²) >= 11 is 0. The first-order valence-electron chi connectivity index (χ1n) is 8.54. The van der Waals surface area contributed by atoms with Crippen molar-refractivity contribution in [1.82, 2.24) is 10.6 Å². The summed E-state index contributed by atoms with van der Waals surface area (Å²) in [4.78, 5) is 4.45. The maximum atomic E-state index is 12.6. The van der Waals surface area contributed by atoms with E-state index in [9.17, 15) is 8.42 Å². The van der Waals surface area contributed by atoms with Gasteiger partial charge in [0, 0.05) is 26.2 Å². The second-order valence-electron chi connectivity index (χ2n) is 6.31. The van der Waals surface area contributed by atoms with E-state index in [-0.39, 0.29) is 29.7 Å². The second kappa shape index (κ2) is 10.2. The van der Waals surface area contributed by atoms with Crippen molar-refractivity contribution in [1.29, 1.82) is 0 Å². The van der Waals surface area contributed by atoms with Crippen LogP contribution in [0.2, 0.25) is 0 Å². The molecule has 0 unspecified atom stereocenters. The van der Waals surface area contributed by atoms with Crippen LogP contribution in [0.15, 0.2) is 29.3 Å².